The van der Waals surface area contributed by atoms with Gasteiger partial charge in [-0.15, -0.1) is 0 Å². The van der Waals surface area contributed by atoms with Gasteiger partial charge in [-0.05, 0) is 82.9 Å². The summed E-state index contributed by atoms with van der Waals surface area (Å²) < 4.78 is 4.73. The molecule has 3 aromatic heterocycles. The molecule has 0 radical (unpaired) electrons. The van der Waals surface area contributed by atoms with Crippen molar-refractivity contribution in [1.82, 2.24) is 19.1 Å². The summed E-state index contributed by atoms with van der Waals surface area (Å²) in [5.74, 6) is 0. The number of rotatable bonds is 6. The van der Waals surface area contributed by atoms with Gasteiger partial charge in [0.1, 0.15) is 0 Å². The van der Waals surface area contributed by atoms with E-state index in [0.29, 0.717) is 0 Å². The van der Waals surface area contributed by atoms with Gasteiger partial charge in [0.05, 0.1) is 45.8 Å². The van der Waals surface area contributed by atoms with E-state index >= 15 is 0 Å². The Labute approximate surface area is 324 Å². The first kappa shape index (κ1) is 31.9. The highest BCUT2D eigenvalue weighted by Crippen LogP contribution is 2.36. The number of hydrogen-bond acceptors (Lipinski definition) is 2. The van der Waals surface area contributed by atoms with Gasteiger partial charge >= 0.3 is 0 Å². The summed E-state index contributed by atoms with van der Waals surface area (Å²) in [4.78, 5) is 9.85. The number of nitrogens with zero attached hydrogens (tertiary/aromatic N) is 4. The quantitative estimate of drug-likeness (QED) is 0.172. The van der Waals surface area contributed by atoms with Gasteiger partial charge in [-0.3, -0.25) is 4.98 Å². The van der Waals surface area contributed by atoms with Crippen LogP contribution in [0.2, 0.25) is 0 Å². The van der Waals surface area contributed by atoms with Gasteiger partial charge in [0.15, 0.2) is 0 Å². The van der Waals surface area contributed by atoms with E-state index in [2.05, 4.69) is 208 Å². The minimum absolute atomic E-state index is 0.835. The van der Waals surface area contributed by atoms with Crippen molar-refractivity contribution in [3.05, 3.63) is 207 Å². The molecule has 3 heterocycles. The van der Waals surface area contributed by atoms with Crippen molar-refractivity contribution in [2.75, 3.05) is 0 Å². The Hall–Kier alpha value is -7.56. The lowest BCUT2D eigenvalue weighted by Gasteiger charge is -2.12. The van der Waals surface area contributed by atoms with Crippen LogP contribution in [0.4, 0.5) is 0 Å². The van der Waals surface area contributed by atoms with E-state index < -0.39 is 0 Å². The molecule has 11 rings (SSSR count). The van der Waals surface area contributed by atoms with Crippen LogP contribution in [0, 0.1) is 0 Å². The summed E-state index contributed by atoms with van der Waals surface area (Å²) in [5.41, 5.74) is 15.3. The molecule has 11 aromatic rings. The average molecular weight is 715 g/mol. The van der Waals surface area contributed by atoms with E-state index in [4.69, 9.17) is 4.98 Å². The van der Waals surface area contributed by atoms with Crippen LogP contribution in [0.15, 0.2) is 207 Å². The van der Waals surface area contributed by atoms with Crippen LogP contribution < -0.4 is 0 Å². The fraction of sp³-hybridized carbons (Fsp3) is 0. The summed E-state index contributed by atoms with van der Waals surface area (Å²) in [5, 5.41) is 5.03. The minimum Gasteiger partial charge on any atom is -0.309 e. The molecule has 4 heteroatoms. The normalized spacial score (nSPS) is 11.6. The molecule has 0 fully saturated rings. The van der Waals surface area contributed by atoms with E-state index in [1.165, 1.54) is 43.6 Å². The van der Waals surface area contributed by atoms with E-state index in [1.807, 2.05) is 12.4 Å². The third-order valence-electron chi connectivity index (χ3n) is 11.0. The van der Waals surface area contributed by atoms with Gasteiger partial charge in [-0.2, -0.15) is 0 Å². The number of aromatic nitrogens is 4. The topological polar surface area (TPSA) is 35.6 Å². The minimum atomic E-state index is 0.835. The maximum absolute atomic E-state index is 5.17. The smallest absolute Gasteiger partial charge is 0.0892 e. The highest BCUT2D eigenvalue weighted by atomic mass is 15.0. The summed E-state index contributed by atoms with van der Waals surface area (Å²) in [7, 11) is 0. The number of benzene rings is 8. The molecule has 8 aromatic carbocycles. The Morgan fingerprint density at radius 3 is 1.00 bits per heavy atom. The van der Waals surface area contributed by atoms with Crippen LogP contribution in [0.1, 0.15) is 0 Å². The highest BCUT2D eigenvalue weighted by Gasteiger charge is 2.15. The first-order valence-corrected chi connectivity index (χ1v) is 19.0. The van der Waals surface area contributed by atoms with Gasteiger partial charge in [-0.1, -0.05) is 133 Å². The predicted octanol–water partition coefficient (Wildman–Crippen LogP) is 13.3. The van der Waals surface area contributed by atoms with Crippen LogP contribution in [0.3, 0.4) is 0 Å². The number of para-hydroxylation sites is 4. The van der Waals surface area contributed by atoms with Crippen molar-refractivity contribution in [1.29, 1.82) is 0 Å². The van der Waals surface area contributed by atoms with Crippen molar-refractivity contribution < 1.29 is 0 Å². The molecule has 0 unspecified atom stereocenters. The number of hydrogen-bond donors (Lipinski definition) is 0. The molecule has 0 N–H and O–H groups in total. The maximum atomic E-state index is 5.17. The van der Waals surface area contributed by atoms with Crippen LogP contribution in [-0.2, 0) is 0 Å². The lowest BCUT2D eigenvalue weighted by molar-refractivity contribution is 1.18. The predicted molar refractivity (Wildman–Crippen MR) is 232 cm³/mol. The van der Waals surface area contributed by atoms with Crippen molar-refractivity contribution in [2.45, 2.75) is 0 Å². The van der Waals surface area contributed by atoms with Gasteiger partial charge in [-0.25, -0.2) is 4.98 Å². The average Bonchev–Trinajstić information content (AvgIpc) is 3.80. The summed E-state index contributed by atoms with van der Waals surface area (Å²) in [6, 6.07) is 69.4. The first-order chi connectivity index (χ1) is 27.8. The molecule has 0 saturated heterocycles. The summed E-state index contributed by atoms with van der Waals surface area (Å²) >= 11 is 0. The zero-order valence-corrected chi connectivity index (χ0v) is 30.4. The zero-order chi connectivity index (χ0) is 37.0. The fourth-order valence-electron chi connectivity index (χ4n) is 8.41. The van der Waals surface area contributed by atoms with E-state index in [0.717, 1.165) is 56.1 Å². The van der Waals surface area contributed by atoms with Crippen LogP contribution in [0.25, 0.3) is 99.8 Å². The standard InChI is InChI=1S/C52H34N4/c1-5-25-49-43(21-1)44-22-2-6-26-50(44)55(49)41-19-11-15-37(31-41)35-13-9-17-39(29-35)47-33-53-34-48(54-47)40-18-10-14-36(30-40)38-16-12-20-42(32-38)56-51-27-7-3-23-45(51)46-24-4-8-28-52(46)56/h1-34H. The summed E-state index contributed by atoms with van der Waals surface area (Å²) in [6.45, 7) is 0. The molecule has 4 nitrogen and oxygen atoms in total. The second kappa shape index (κ2) is 13.1. The zero-order valence-electron chi connectivity index (χ0n) is 30.4. The van der Waals surface area contributed by atoms with E-state index in [1.54, 1.807) is 0 Å². The van der Waals surface area contributed by atoms with Gasteiger partial charge in [0, 0.05) is 44.0 Å². The van der Waals surface area contributed by atoms with Gasteiger partial charge in [0.2, 0.25) is 0 Å². The van der Waals surface area contributed by atoms with Crippen LogP contribution >= 0.6 is 0 Å². The van der Waals surface area contributed by atoms with Gasteiger partial charge in [0.25, 0.3) is 0 Å². The Morgan fingerprint density at radius 2 is 0.607 bits per heavy atom. The molecule has 56 heavy (non-hydrogen) atoms. The molecule has 0 saturated carbocycles. The summed E-state index contributed by atoms with van der Waals surface area (Å²) in [6.07, 6.45) is 3.71. The lowest BCUT2D eigenvalue weighted by Crippen LogP contribution is -1.95. The largest absolute Gasteiger partial charge is 0.309 e. The number of fused-ring (bicyclic) bond motifs is 6. The molecule has 0 bridgehead atoms. The van der Waals surface area contributed by atoms with Crippen molar-refractivity contribution in [3.8, 4) is 56.1 Å². The van der Waals surface area contributed by atoms with E-state index in [-0.39, 0.29) is 0 Å². The monoisotopic (exact) mass is 714 g/mol. The Kier molecular flexibility index (Phi) is 7.46. The van der Waals surface area contributed by atoms with Crippen LogP contribution in [-0.4, -0.2) is 19.1 Å². The molecular weight excluding hydrogens is 681 g/mol. The molecule has 0 aliphatic rings. The molecule has 0 aliphatic carbocycles. The fourth-order valence-corrected chi connectivity index (χ4v) is 8.41. The molecule has 0 aliphatic heterocycles. The Balaban J connectivity index is 0.929. The van der Waals surface area contributed by atoms with Crippen molar-refractivity contribution >= 4 is 43.6 Å². The third-order valence-corrected chi connectivity index (χ3v) is 11.0. The van der Waals surface area contributed by atoms with Gasteiger partial charge < -0.3 is 9.13 Å². The molecule has 0 atom stereocenters. The molecule has 0 spiro atoms. The lowest BCUT2D eigenvalue weighted by atomic mass is 10.00. The SMILES string of the molecule is c1cc(-c2cccc(-n3c4ccccc4c4ccccc43)c2)cc(-c2cncc(-c3cccc(-c4cccc(-n5c6ccccc6c6ccccc65)c4)c3)n2)c1. The van der Waals surface area contributed by atoms with E-state index in [9.17, 15) is 0 Å². The van der Waals surface area contributed by atoms with Crippen LogP contribution in [0.5, 0.6) is 0 Å². The second-order valence-electron chi connectivity index (χ2n) is 14.3. The second-order valence-corrected chi connectivity index (χ2v) is 14.3. The van der Waals surface area contributed by atoms with Crippen molar-refractivity contribution in [3.63, 3.8) is 0 Å². The Bertz CT molecular complexity index is 2950. The maximum Gasteiger partial charge on any atom is 0.0892 e. The molecule has 0 amide bonds. The van der Waals surface area contributed by atoms with Crippen molar-refractivity contribution in [2.24, 2.45) is 0 Å². The Morgan fingerprint density at radius 1 is 0.286 bits per heavy atom. The molecular formula is C52H34N4. The third kappa shape index (κ3) is 5.31. The first-order valence-electron chi connectivity index (χ1n) is 19.0. The highest BCUT2D eigenvalue weighted by molar-refractivity contribution is 6.10. The molecule has 262 valence electrons.